The van der Waals surface area contributed by atoms with Crippen LogP contribution in [0.2, 0.25) is 0 Å². The lowest BCUT2D eigenvalue weighted by Crippen LogP contribution is -2.28. The van der Waals surface area contributed by atoms with Crippen molar-refractivity contribution in [2.75, 3.05) is 0 Å². The average molecular weight is 180 g/mol. The van der Waals surface area contributed by atoms with Gasteiger partial charge in [-0.1, -0.05) is 12.1 Å². The van der Waals surface area contributed by atoms with E-state index in [1.54, 1.807) is 12.1 Å². The summed E-state index contributed by atoms with van der Waals surface area (Å²) in [5.74, 6) is 0. The summed E-state index contributed by atoms with van der Waals surface area (Å²) in [5.41, 5.74) is 6.11. The van der Waals surface area contributed by atoms with E-state index in [0.29, 0.717) is 0 Å². The van der Waals surface area contributed by atoms with E-state index in [1.165, 1.54) is 12.1 Å². The Bertz CT molecular complexity index is 329. The predicted octanol–water partition coefficient (Wildman–Crippen LogP) is 1.79. The molecule has 1 rings (SSSR count). The summed E-state index contributed by atoms with van der Waals surface area (Å²) in [7, 11) is 0. The monoisotopic (exact) mass is 180 g/mol. The standard InChI is InChI=1S/C9H12N2O2/c1-9(2,10)7-4-3-5-8(6-7)11(12)13/h3-6H,10H2,1-2H3. The number of nitro groups is 1. The summed E-state index contributed by atoms with van der Waals surface area (Å²) >= 11 is 0. The van der Waals surface area contributed by atoms with E-state index in [0.717, 1.165) is 5.56 Å². The Labute approximate surface area is 76.5 Å². The van der Waals surface area contributed by atoms with Gasteiger partial charge in [0.15, 0.2) is 0 Å². The summed E-state index contributed by atoms with van der Waals surface area (Å²) in [5, 5.41) is 10.4. The fraction of sp³-hybridized carbons (Fsp3) is 0.333. The van der Waals surface area contributed by atoms with Crippen LogP contribution in [0.1, 0.15) is 19.4 Å². The number of rotatable bonds is 2. The molecule has 0 saturated heterocycles. The van der Waals surface area contributed by atoms with Crippen molar-refractivity contribution in [3.05, 3.63) is 39.9 Å². The minimum atomic E-state index is -0.536. The molecule has 4 nitrogen and oxygen atoms in total. The third-order valence-electron chi connectivity index (χ3n) is 1.80. The molecule has 0 saturated carbocycles. The molecule has 0 atom stereocenters. The number of hydrogen-bond acceptors (Lipinski definition) is 3. The van der Waals surface area contributed by atoms with Crippen LogP contribution in [0.15, 0.2) is 24.3 Å². The molecule has 0 aromatic heterocycles. The molecule has 1 aromatic carbocycles. The van der Waals surface area contributed by atoms with Crippen molar-refractivity contribution < 1.29 is 4.92 Å². The van der Waals surface area contributed by atoms with Gasteiger partial charge in [-0.05, 0) is 19.4 Å². The third-order valence-corrected chi connectivity index (χ3v) is 1.80. The second kappa shape index (κ2) is 3.14. The highest BCUT2D eigenvalue weighted by molar-refractivity contribution is 5.37. The first kappa shape index (κ1) is 9.67. The van der Waals surface area contributed by atoms with Gasteiger partial charge in [-0.2, -0.15) is 0 Å². The number of hydrogen-bond donors (Lipinski definition) is 1. The van der Waals surface area contributed by atoms with Gasteiger partial charge in [-0.3, -0.25) is 10.1 Å². The second-order valence-electron chi connectivity index (χ2n) is 3.53. The van der Waals surface area contributed by atoms with Gasteiger partial charge in [-0.15, -0.1) is 0 Å². The van der Waals surface area contributed by atoms with E-state index in [1.807, 2.05) is 13.8 Å². The van der Waals surface area contributed by atoms with Crippen molar-refractivity contribution in [1.82, 2.24) is 0 Å². The lowest BCUT2D eigenvalue weighted by molar-refractivity contribution is -0.385. The van der Waals surface area contributed by atoms with Crippen molar-refractivity contribution in [2.24, 2.45) is 5.73 Å². The highest BCUT2D eigenvalue weighted by atomic mass is 16.6. The summed E-state index contributed by atoms with van der Waals surface area (Å²) in [6.07, 6.45) is 0. The zero-order chi connectivity index (χ0) is 10.1. The zero-order valence-corrected chi connectivity index (χ0v) is 7.65. The van der Waals surface area contributed by atoms with E-state index in [9.17, 15) is 10.1 Å². The quantitative estimate of drug-likeness (QED) is 0.557. The molecule has 1 aromatic rings. The first-order valence-electron chi connectivity index (χ1n) is 3.95. The molecular formula is C9H12N2O2. The Hall–Kier alpha value is -1.42. The number of nitro benzene ring substituents is 1. The molecule has 0 amide bonds. The Morgan fingerprint density at radius 2 is 2.08 bits per heavy atom. The Morgan fingerprint density at radius 1 is 1.46 bits per heavy atom. The van der Waals surface area contributed by atoms with E-state index in [2.05, 4.69) is 0 Å². The number of nitrogens with zero attached hydrogens (tertiary/aromatic N) is 1. The molecule has 70 valence electrons. The van der Waals surface area contributed by atoms with Crippen molar-refractivity contribution in [3.63, 3.8) is 0 Å². The van der Waals surface area contributed by atoms with Crippen LogP contribution in [0.5, 0.6) is 0 Å². The lowest BCUT2D eigenvalue weighted by atomic mass is 9.95. The maximum absolute atomic E-state index is 10.4. The van der Waals surface area contributed by atoms with Crippen LogP contribution >= 0.6 is 0 Å². The van der Waals surface area contributed by atoms with E-state index in [-0.39, 0.29) is 5.69 Å². The van der Waals surface area contributed by atoms with Gasteiger partial charge < -0.3 is 5.73 Å². The van der Waals surface area contributed by atoms with Gasteiger partial charge in [0.25, 0.3) is 5.69 Å². The summed E-state index contributed by atoms with van der Waals surface area (Å²) in [4.78, 5) is 10.0. The number of non-ortho nitro benzene ring substituents is 1. The molecular weight excluding hydrogens is 168 g/mol. The Balaban J connectivity index is 3.13. The normalized spacial score (nSPS) is 11.3. The lowest BCUT2D eigenvalue weighted by Gasteiger charge is -2.18. The molecule has 0 radical (unpaired) electrons. The number of benzene rings is 1. The summed E-state index contributed by atoms with van der Waals surface area (Å²) in [6.45, 7) is 3.62. The minimum absolute atomic E-state index is 0.0797. The van der Waals surface area contributed by atoms with Gasteiger partial charge in [0.2, 0.25) is 0 Å². The number of nitrogens with two attached hydrogens (primary N) is 1. The van der Waals surface area contributed by atoms with Gasteiger partial charge >= 0.3 is 0 Å². The van der Waals surface area contributed by atoms with Gasteiger partial charge in [0.05, 0.1) is 4.92 Å². The molecule has 4 heteroatoms. The smallest absolute Gasteiger partial charge is 0.269 e. The van der Waals surface area contributed by atoms with E-state index >= 15 is 0 Å². The fourth-order valence-corrected chi connectivity index (χ4v) is 1.02. The van der Waals surface area contributed by atoms with Crippen LogP contribution in [-0.4, -0.2) is 4.92 Å². The van der Waals surface area contributed by atoms with Crippen LogP contribution in [0.4, 0.5) is 5.69 Å². The maximum atomic E-state index is 10.4. The highest BCUT2D eigenvalue weighted by Gasteiger charge is 2.16. The second-order valence-corrected chi connectivity index (χ2v) is 3.53. The summed E-state index contributed by atoms with van der Waals surface area (Å²) in [6, 6.07) is 6.38. The molecule has 0 heterocycles. The maximum Gasteiger partial charge on any atom is 0.269 e. The predicted molar refractivity (Wildman–Crippen MR) is 50.3 cm³/mol. The molecule has 0 fully saturated rings. The van der Waals surface area contributed by atoms with E-state index < -0.39 is 10.5 Å². The third kappa shape index (κ3) is 2.26. The van der Waals surface area contributed by atoms with Gasteiger partial charge in [-0.25, -0.2) is 0 Å². The van der Waals surface area contributed by atoms with Crippen LogP contribution in [0.3, 0.4) is 0 Å². The zero-order valence-electron chi connectivity index (χ0n) is 7.65. The van der Waals surface area contributed by atoms with Crippen molar-refractivity contribution in [1.29, 1.82) is 0 Å². The molecule has 2 N–H and O–H groups in total. The Kier molecular flexibility index (Phi) is 2.34. The van der Waals surface area contributed by atoms with Gasteiger partial charge in [0, 0.05) is 17.7 Å². The van der Waals surface area contributed by atoms with Crippen molar-refractivity contribution in [3.8, 4) is 0 Å². The van der Waals surface area contributed by atoms with E-state index in [4.69, 9.17) is 5.73 Å². The van der Waals surface area contributed by atoms with Crippen molar-refractivity contribution >= 4 is 5.69 Å². The first-order chi connectivity index (χ1) is 5.91. The van der Waals surface area contributed by atoms with Crippen LogP contribution in [0.25, 0.3) is 0 Å². The fourth-order valence-electron chi connectivity index (χ4n) is 1.02. The molecule has 0 bridgehead atoms. The Morgan fingerprint density at radius 3 is 2.54 bits per heavy atom. The van der Waals surface area contributed by atoms with Gasteiger partial charge in [0.1, 0.15) is 0 Å². The molecule has 0 aliphatic carbocycles. The largest absolute Gasteiger partial charge is 0.322 e. The van der Waals surface area contributed by atoms with Crippen LogP contribution in [0, 0.1) is 10.1 Å². The molecule has 13 heavy (non-hydrogen) atoms. The molecule has 0 unspecified atom stereocenters. The van der Waals surface area contributed by atoms with Crippen LogP contribution < -0.4 is 5.73 Å². The highest BCUT2D eigenvalue weighted by Crippen LogP contribution is 2.21. The topological polar surface area (TPSA) is 69.2 Å². The molecule has 0 aliphatic heterocycles. The first-order valence-corrected chi connectivity index (χ1v) is 3.95. The summed E-state index contributed by atoms with van der Waals surface area (Å²) < 4.78 is 0. The van der Waals surface area contributed by atoms with Crippen LogP contribution in [-0.2, 0) is 5.54 Å². The molecule has 0 aliphatic rings. The minimum Gasteiger partial charge on any atom is -0.322 e. The van der Waals surface area contributed by atoms with Crippen molar-refractivity contribution in [2.45, 2.75) is 19.4 Å². The SMILES string of the molecule is CC(C)(N)c1cccc([N+](=O)[O-])c1. The average Bonchev–Trinajstić information content (AvgIpc) is 2.03. The molecule has 0 spiro atoms.